The van der Waals surface area contributed by atoms with Gasteiger partial charge in [-0.05, 0) is 6.42 Å². The second-order valence-electron chi connectivity index (χ2n) is 3.80. The molecular formula is C9H17N3O2. The van der Waals surface area contributed by atoms with Gasteiger partial charge in [0.05, 0.1) is 25.3 Å². The zero-order valence-electron chi connectivity index (χ0n) is 8.24. The first-order valence-corrected chi connectivity index (χ1v) is 5.14. The van der Waals surface area contributed by atoms with E-state index in [9.17, 15) is 4.79 Å². The lowest BCUT2D eigenvalue weighted by atomic mass is 10.0. The van der Waals surface area contributed by atoms with Crippen LogP contribution in [-0.4, -0.2) is 55.7 Å². The summed E-state index contributed by atoms with van der Waals surface area (Å²) >= 11 is 0. The molecule has 2 heterocycles. The molecule has 2 atom stereocenters. The largest absolute Gasteiger partial charge is 0.375 e. The molecule has 14 heavy (non-hydrogen) atoms. The van der Waals surface area contributed by atoms with Gasteiger partial charge in [-0.3, -0.25) is 4.79 Å². The maximum Gasteiger partial charge on any atom is 0.236 e. The fraction of sp³-hybridized carbons (Fsp3) is 0.889. The van der Waals surface area contributed by atoms with E-state index in [1.807, 2.05) is 4.90 Å². The highest BCUT2D eigenvalue weighted by molar-refractivity contribution is 5.78. The number of hydrogen-bond acceptors (Lipinski definition) is 4. The number of nitrogens with zero attached hydrogens (tertiary/aromatic N) is 1. The zero-order valence-corrected chi connectivity index (χ0v) is 8.24. The van der Waals surface area contributed by atoms with Gasteiger partial charge in [-0.15, -0.1) is 0 Å². The van der Waals surface area contributed by atoms with Crippen LogP contribution in [0.1, 0.15) is 6.42 Å². The van der Waals surface area contributed by atoms with Crippen LogP contribution in [-0.2, 0) is 9.53 Å². The van der Waals surface area contributed by atoms with Crippen molar-refractivity contribution in [1.29, 1.82) is 0 Å². The second kappa shape index (κ2) is 4.25. The third-order valence-electron chi connectivity index (χ3n) is 2.92. The number of hydrogen-bond donors (Lipinski definition) is 2. The molecule has 0 aromatic carbocycles. The van der Waals surface area contributed by atoms with Crippen LogP contribution in [0.5, 0.6) is 0 Å². The van der Waals surface area contributed by atoms with Crippen LogP contribution in [0.4, 0.5) is 0 Å². The molecule has 2 aliphatic rings. The number of carbonyl (C=O) groups is 1. The molecule has 5 heteroatoms. The molecule has 2 rings (SSSR count). The summed E-state index contributed by atoms with van der Waals surface area (Å²) in [5.74, 6) is 0.0378. The van der Waals surface area contributed by atoms with Gasteiger partial charge in [0.2, 0.25) is 5.91 Å². The SMILES string of the molecule is NCC(=O)N1CCC2OCCNC2C1. The van der Waals surface area contributed by atoms with Crippen molar-refractivity contribution in [3.63, 3.8) is 0 Å². The molecule has 0 aromatic heterocycles. The van der Waals surface area contributed by atoms with Crippen LogP contribution < -0.4 is 11.1 Å². The molecule has 3 N–H and O–H groups in total. The third-order valence-corrected chi connectivity index (χ3v) is 2.92. The van der Waals surface area contributed by atoms with Gasteiger partial charge < -0.3 is 20.7 Å². The van der Waals surface area contributed by atoms with E-state index in [0.29, 0.717) is 6.04 Å². The summed E-state index contributed by atoms with van der Waals surface area (Å²) in [5, 5.41) is 3.37. The number of carbonyl (C=O) groups excluding carboxylic acids is 1. The molecule has 2 unspecified atom stereocenters. The van der Waals surface area contributed by atoms with E-state index < -0.39 is 0 Å². The van der Waals surface area contributed by atoms with Crippen LogP contribution >= 0.6 is 0 Å². The lowest BCUT2D eigenvalue weighted by Gasteiger charge is -2.41. The van der Waals surface area contributed by atoms with Crippen molar-refractivity contribution in [1.82, 2.24) is 10.2 Å². The summed E-state index contributed by atoms with van der Waals surface area (Å²) in [6, 6.07) is 0.299. The molecule has 1 amide bonds. The Bertz CT molecular complexity index is 222. The molecule has 80 valence electrons. The molecular weight excluding hydrogens is 182 g/mol. The fourth-order valence-electron chi connectivity index (χ4n) is 2.14. The number of ether oxygens (including phenoxy) is 1. The van der Waals surface area contributed by atoms with E-state index in [4.69, 9.17) is 10.5 Å². The topological polar surface area (TPSA) is 67.6 Å². The van der Waals surface area contributed by atoms with Gasteiger partial charge in [0, 0.05) is 19.6 Å². The number of amides is 1. The quantitative estimate of drug-likeness (QED) is 0.541. The molecule has 2 saturated heterocycles. The maximum absolute atomic E-state index is 11.4. The average molecular weight is 199 g/mol. The number of rotatable bonds is 1. The number of morpholine rings is 1. The first kappa shape index (κ1) is 9.89. The Hall–Kier alpha value is -0.650. The molecule has 0 spiro atoms. The highest BCUT2D eigenvalue weighted by Gasteiger charge is 2.33. The van der Waals surface area contributed by atoms with Crippen molar-refractivity contribution >= 4 is 5.91 Å². The minimum Gasteiger partial charge on any atom is -0.375 e. The Morgan fingerprint density at radius 3 is 3.29 bits per heavy atom. The van der Waals surface area contributed by atoms with Crippen LogP contribution in [0, 0.1) is 0 Å². The Morgan fingerprint density at radius 1 is 1.64 bits per heavy atom. The van der Waals surface area contributed by atoms with Crippen molar-refractivity contribution in [2.45, 2.75) is 18.6 Å². The third kappa shape index (κ3) is 1.89. The summed E-state index contributed by atoms with van der Waals surface area (Å²) < 4.78 is 5.61. The second-order valence-corrected chi connectivity index (χ2v) is 3.80. The zero-order chi connectivity index (χ0) is 9.97. The number of likely N-dealkylation sites (tertiary alicyclic amines) is 1. The van der Waals surface area contributed by atoms with Crippen molar-refractivity contribution in [3.8, 4) is 0 Å². The monoisotopic (exact) mass is 199 g/mol. The maximum atomic E-state index is 11.4. The fourth-order valence-corrected chi connectivity index (χ4v) is 2.14. The summed E-state index contributed by atoms with van der Waals surface area (Å²) in [4.78, 5) is 13.2. The van der Waals surface area contributed by atoms with E-state index in [-0.39, 0.29) is 18.6 Å². The van der Waals surface area contributed by atoms with Gasteiger partial charge in [0.25, 0.3) is 0 Å². The minimum absolute atomic E-state index is 0.0378. The Kier molecular flexibility index (Phi) is 3.00. The predicted octanol–water partition coefficient (Wildman–Crippen LogP) is -1.47. The molecule has 5 nitrogen and oxygen atoms in total. The van der Waals surface area contributed by atoms with Gasteiger partial charge in [-0.25, -0.2) is 0 Å². The van der Waals surface area contributed by atoms with Crippen LogP contribution in [0.25, 0.3) is 0 Å². The lowest BCUT2D eigenvalue weighted by Crippen LogP contribution is -2.59. The normalized spacial score (nSPS) is 32.5. The van der Waals surface area contributed by atoms with Gasteiger partial charge >= 0.3 is 0 Å². The van der Waals surface area contributed by atoms with Gasteiger partial charge in [-0.1, -0.05) is 0 Å². The van der Waals surface area contributed by atoms with Crippen LogP contribution in [0.2, 0.25) is 0 Å². The van der Waals surface area contributed by atoms with Gasteiger partial charge in [0.1, 0.15) is 0 Å². The van der Waals surface area contributed by atoms with E-state index in [1.165, 1.54) is 0 Å². The highest BCUT2D eigenvalue weighted by atomic mass is 16.5. The van der Waals surface area contributed by atoms with E-state index in [2.05, 4.69) is 5.32 Å². The van der Waals surface area contributed by atoms with Crippen molar-refractivity contribution in [2.24, 2.45) is 5.73 Å². The number of nitrogens with one attached hydrogen (secondary N) is 1. The van der Waals surface area contributed by atoms with E-state index in [1.54, 1.807) is 0 Å². The number of piperidine rings is 1. The predicted molar refractivity (Wildman–Crippen MR) is 51.8 cm³/mol. The Morgan fingerprint density at radius 2 is 2.50 bits per heavy atom. The standard InChI is InChI=1S/C9H17N3O2/c10-5-9(13)12-3-1-8-7(6-12)11-2-4-14-8/h7-8,11H,1-6,10H2. The van der Waals surface area contributed by atoms with Crippen LogP contribution in [0.3, 0.4) is 0 Å². The Labute approximate surface area is 83.6 Å². The first-order valence-electron chi connectivity index (χ1n) is 5.14. The molecule has 0 saturated carbocycles. The van der Waals surface area contributed by atoms with E-state index >= 15 is 0 Å². The average Bonchev–Trinajstić information content (AvgIpc) is 2.27. The molecule has 0 aromatic rings. The molecule has 2 aliphatic heterocycles. The van der Waals surface area contributed by atoms with Crippen molar-refractivity contribution in [2.75, 3.05) is 32.8 Å². The lowest BCUT2D eigenvalue weighted by molar-refractivity contribution is -0.134. The van der Waals surface area contributed by atoms with E-state index in [0.717, 1.165) is 32.7 Å². The molecule has 0 radical (unpaired) electrons. The Balaban J connectivity index is 1.92. The number of nitrogens with two attached hydrogens (primary N) is 1. The van der Waals surface area contributed by atoms with Crippen LogP contribution in [0.15, 0.2) is 0 Å². The first-order chi connectivity index (χ1) is 6.81. The summed E-state index contributed by atoms with van der Waals surface area (Å²) in [5.41, 5.74) is 5.33. The summed E-state index contributed by atoms with van der Waals surface area (Å²) in [6.07, 6.45) is 1.20. The number of fused-ring (bicyclic) bond motifs is 1. The van der Waals surface area contributed by atoms with Crippen molar-refractivity contribution < 1.29 is 9.53 Å². The molecule has 0 bridgehead atoms. The van der Waals surface area contributed by atoms with Gasteiger partial charge in [0.15, 0.2) is 0 Å². The minimum atomic E-state index is 0.0378. The smallest absolute Gasteiger partial charge is 0.236 e. The van der Waals surface area contributed by atoms with Crippen molar-refractivity contribution in [3.05, 3.63) is 0 Å². The summed E-state index contributed by atoms with van der Waals surface area (Å²) in [6.45, 7) is 3.29. The molecule has 2 fully saturated rings. The highest BCUT2D eigenvalue weighted by Crippen LogP contribution is 2.16. The summed E-state index contributed by atoms with van der Waals surface area (Å²) in [7, 11) is 0. The van der Waals surface area contributed by atoms with Gasteiger partial charge in [-0.2, -0.15) is 0 Å². The molecule has 0 aliphatic carbocycles.